The molecule has 0 atom stereocenters. The molecule has 0 radical (unpaired) electrons. The van der Waals surface area contributed by atoms with Gasteiger partial charge in [-0.1, -0.05) is 25.5 Å². The van der Waals surface area contributed by atoms with E-state index in [1.807, 2.05) is 13.8 Å². The molecule has 0 unspecified atom stereocenters. The molecule has 0 aromatic heterocycles. The highest BCUT2D eigenvalue weighted by Crippen LogP contribution is 1.95. The van der Waals surface area contributed by atoms with Gasteiger partial charge in [-0.15, -0.1) is 0 Å². The largest absolute Gasteiger partial charge is 0.355 e. The Balaban J connectivity index is 3.38. The number of hydrogen-bond donors (Lipinski definition) is 2. The molecule has 3 heteroatoms. The lowest BCUT2D eigenvalue weighted by Crippen LogP contribution is -2.34. The van der Waals surface area contributed by atoms with Gasteiger partial charge in [-0.25, -0.2) is 0 Å². The molecule has 0 fully saturated rings. The first-order valence-corrected chi connectivity index (χ1v) is 5.63. The Morgan fingerprint density at radius 3 is 2.53 bits per heavy atom. The van der Waals surface area contributed by atoms with E-state index in [2.05, 4.69) is 30.6 Å². The Hall–Kier alpha value is -0.830. The molecule has 0 rings (SSSR count). The van der Waals surface area contributed by atoms with Crippen molar-refractivity contribution >= 4 is 5.91 Å². The second-order valence-electron chi connectivity index (χ2n) is 4.44. The number of allylic oxidation sites excluding steroid dienone is 1. The summed E-state index contributed by atoms with van der Waals surface area (Å²) in [6.07, 6.45) is 3.11. The summed E-state index contributed by atoms with van der Waals surface area (Å²) < 4.78 is 0. The van der Waals surface area contributed by atoms with Gasteiger partial charge >= 0.3 is 0 Å². The van der Waals surface area contributed by atoms with Gasteiger partial charge in [0.15, 0.2) is 0 Å². The van der Waals surface area contributed by atoms with Crippen LogP contribution in [0, 0.1) is 5.92 Å². The third-order valence-corrected chi connectivity index (χ3v) is 1.98. The molecule has 0 aliphatic carbocycles. The number of nitrogens with one attached hydrogen (secondary N) is 2. The van der Waals surface area contributed by atoms with Crippen molar-refractivity contribution in [2.45, 2.75) is 34.1 Å². The monoisotopic (exact) mass is 212 g/mol. The van der Waals surface area contributed by atoms with Crippen molar-refractivity contribution in [2.24, 2.45) is 5.92 Å². The van der Waals surface area contributed by atoms with E-state index >= 15 is 0 Å². The Bertz CT molecular complexity index is 206. The van der Waals surface area contributed by atoms with Crippen molar-refractivity contribution in [2.75, 3.05) is 19.6 Å². The van der Waals surface area contributed by atoms with Gasteiger partial charge in [0.25, 0.3) is 0 Å². The molecule has 0 aliphatic rings. The minimum atomic E-state index is 0.0813. The molecule has 1 amide bonds. The van der Waals surface area contributed by atoms with Gasteiger partial charge in [0, 0.05) is 13.1 Å². The van der Waals surface area contributed by atoms with Crippen LogP contribution in [0.1, 0.15) is 34.1 Å². The normalized spacial score (nSPS) is 10.2. The van der Waals surface area contributed by atoms with Gasteiger partial charge in [0.05, 0.1) is 6.54 Å². The van der Waals surface area contributed by atoms with Crippen molar-refractivity contribution in [1.82, 2.24) is 10.6 Å². The summed E-state index contributed by atoms with van der Waals surface area (Å²) >= 11 is 0. The fourth-order valence-corrected chi connectivity index (χ4v) is 1.02. The molecule has 88 valence electrons. The summed E-state index contributed by atoms with van der Waals surface area (Å²) in [6, 6.07) is 0. The van der Waals surface area contributed by atoms with Crippen LogP contribution in [-0.4, -0.2) is 25.5 Å². The zero-order valence-electron chi connectivity index (χ0n) is 10.4. The standard InChI is InChI=1S/C12H24N2O/c1-10(2)5-7-13-9-12(15)14-8-6-11(3)4/h5,11,13H,6-9H2,1-4H3,(H,14,15). The van der Waals surface area contributed by atoms with E-state index in [4.69, 9.17) is 0 Å². The summed E-state index contributed by atoms with van der Waals surface area (Å²) in [5, 5.41) is 5.95. The highest BCUT2D eigenvalue weighted by Gasteiger charge is 1.99. The Morgan fingerprint density at radius 2 is 2.00 bits per heavy atom. The maximum Gasteiger partial charge on any atom is 0.233 e. The highest BCUT2D eigenvalue weighted by molar-refractivity contribution is 5.77. The number of amides is 1. The molecular formula is C12H24N2O. The lowest BCUT2D eigenvalue weighted by atomic mass is 10.1. The molecule has 0 saturated carbocycles. The van der Waals surface area contributed by atoms with Crippen molar-refractivity contribution in [3.8, 4) is 0 Å². The quantitative estimate of drug-likeness (QED) is 0.498. The van der Waals surface area contributed by atoms with Crippen LogP contribution >= 0.6 is 0 Å². The van der Waals surface area contributed by atoms with Crippen molar-refractivity contribution in [3.05, 3.63) is 11.6 Å². The zero-order valence-corrected chi connectivity index (χ0v) is 10.4. The van der Waals surface area contributed by atoms with Crippen LogP contribution < -0.4 is 10.6 Å². The molecule has 0 bridgehead atoms. The topological polar surface area (TPSA) is 41.1 Å². The average molecular weight is 212 g/mol. The lowest BCUT2D eigenvalue weighted by Gasteiger charge is -2.07. The maximum absolute atomic E-state index is 11.3. The number of carbonyl (C=O) groups is 1. The first-order valence-electron chi connectivity index (χ1n) is 5.63. The summed E-state index contributed by atoms with van der Waals surface area (Å²) in [6.45, 7) is 10.3. The zero-order chi connectivity index (χ0) is 11.7. The van der Waals surface area contributed by atoms with Gasteiger partial charge < -0.3 is 10.6 Å². The van der Waals surface area contributed by atoms with E-state index in [9.17, 15) is 4.79 Å². The van der Waals surface area contributed by atoms with E-state index in [-0.39, 0.29) is 5.91 Å². The molecule has 15 heavy (non-hydrogen) atoms. The van der Waals surface area contributed by atoms with Gasteiger partial charge in [-0.05, 0) is 26.2 Å². The summed E-state index contributed by atoms with van der Waals surface area (Å²) in [4.78, 5) is 11.3. The third kappa shape index (κ3) is 11.1. The smallest absolute Gasteiger partial charge is 0.233 e. The van der Waals surface area contributed by atoms with Gasteiger partial charge in [0.1, 0.15) is 0 Å². The van der Waals surface area contributed by atoms with Crippen molar-refractivity contribution in [3.63, 3.8) is 0 Å². The molecule has 3 nitrogen and oxygen atoms in total. The Labute approximate surface area is 93.3 Å². The number of rotatable bonds is 7. The Morgan fingerprint density at radius 1 is 1.33 bits per heavy atom. The van der Waals surface area contributed by atoms with Gasteiger partial charge in [-0.3, -0.25) is 4.79 Å². The molecule has 0 saturated heterocycles. The SMILES string of the molecule is CC(C)=CCNCC(=O)NCCC(C)C. The van der Waals surface area contributed by atoms with Crippen LogP contribution in [0.25, 0.3) is 0 Å². The van der Waals surface area contributed by atoms with Crippen molar-refractivity contribution < 1.29 is 4.79 Å². The van der Waals surface area contributed by atoms with E-state index < -0.39 is 0 Å². The molecule has 0 aromatic carbocycles. The first-order chi connectivity index (χ1) is 7.02. The van der Waals surface area contributed by atoms with Crippen LogP contribution in [0.5, 0.6) is 0 Å². The predicted molar refractivity (Wildman–Crippen MR) is 64.8 cm³/mol. The van der Waals surface area contributed by atoms with Crippen LogP contribution in [0.2, 0.25) is 0 Å². The predicted octanol–water partition coefficient (Wildman–Crippen LogP) is 1.70. The van der Waals surface area contributed by atoms with Gasteiger partial charge in [0.2, 0.25) is 5.91 Å². The maximum atomic E-state index is 11.3. The van der Waals surface area contributed by atoms with E-state index in [1.165, 1.54) is 5.57 Å². The fraction of sp³-hybridized carbons (Fsp3) is 0.750. The number of hydrogen-bond acceptors (Lipinski definition) is 2. The molecule has 0 heterocycles. The van der Waals surface area contributed by atoms with Crippen LogP contribution in [-0.2, 0) is 4.79 Å². The first kappa shape index (κ1) is 14.2. The molecule has 0 aliphatic heterocycles. The summed E-state index contributed by atoms with van der Waals surface area (Å²) in [7, 11) is 0. The summed E-state index contributed by atoms with van der Waals surface area (Å²) in [5.74, 6) is 0.724. The van der Waals surface area contributed by atoms with Crippen LogP contribution in [0.3, 0.4) is 0 Å². The second kappa shape index (κ2) is 8.48. The minimum Gasteiger partial charge on any atom is -0.355 e. The fourth-order valence-electron chi connectivity index (χ4n) is 1.02. The van der Waals surface area contributed by atoms with E-state index in [1.54, 1.807) is 0 Å². The minimum absolute atomic E-state index is 0.0813. The van der Waals surface area contributed by atoms with Crippen LogP contribution in [0.15, 0.2) is 11.6 Å². The summed E-state index contributed by atoms with van der Waals surface area (Å²) in [5.41, 5.74) is 1.27. The van der Waals surface area contributed by atoms with E-state index in [0.29, 0.717) is 12.5 Å². The van der Waals surface area contributed by atoms with Crippen LogP contribution in [0.4, 0.5) is 0 Å². The van der Waals surface area contributed by atoms with Crippen molar-refractivity contribution in [1.29, 1.82) is 0 Å². The lowest BCUT2D eigenvalue weighted by molar-refractivity contribution is -0.120. The second-order valence-corrected chi connectivity index (χ2v) is 4.44. The third-order valence-electron chi connectivity index (χ3n) is 1.98. The van der Waals surface area contributed by atoms with E-state index in [0.717, 1.165) is 19.5 Å². The Kier molecular flexibility index (Phi) is 8.01. The molecule has 2 N–H and O–H groups in total. The molecule has 0 spiro atoms. The molecular weight excluding hydrogens is 188 g/mol. The highest BCUT2D eigenvalue weighted by atomic mass is 16.1. The van der Waals surface area contributed by atoms with Gasteiger partial charge in [-0.2, -0.15) is 0 Å². The number of carbonyl (C=O) groups excluding carboxylic acids is 1. The molecule has 0 aromatic rings. The average Bonchev–Trinajstić information content (AvgIpc) is 2.11.